The van der Waals surface area contributed by atoms with E-state index in [1.807, 2.05) is 4.68 Å². The lowest BCUT2D eigenvalue weighted by Gasteiger charge is -2.01. The number of nitrogens with zero attached hydrogens (tertiary/aromatic N) is 2. The van der Waals surface area contributed by atoms with Gasteiger partial charge in [0, 0.05) is 18.3 Å². The van der Waals surface area contributed by atoms with Crippen LogP contribution in [-0.2, 0) is 6.54 Å². The zero-order valence-electron chi connectivity index (χ0n) is 10.7. The lowest BCUT2D eigenvalue weighted by molar-refractivity contribution is 0.723. The molecule has 0 atom stereocenters. The summed E-state index contributed by atoms with van der Waals surface area (Å²) in [6, 6.07) is 8.41. The van der Waals surface area contributed by atoms with Gasteiger partial charge in [0.25, 0.3) is 0 Å². The van der Waals surface area contributed by atoms with Crippen LogP contribution in [0.25, 0.3) is 5.69 Å². The number of aryl methyl sites for hydroxylation is 2. The fourth-order valence-corrected chi connectivity index (χ4v) is 1.76. The van der Waals surface area contributed by atoms with Crippen molar-refractivity contribution >= 4 is 0 Å². The third-order valence-electron chi connectivity index (χ3n) is 2.86. The Labute approximate surface area is 102 Å². The first kappa shape index (κ1) is 11.9. The van der Waals surface area contributed by atoms with E-state index in [1.54, 1.807) is 0 Å². The van der Waals surface area contributed by atoms with Crippen molar-refractivity contribution in [3.8, 4) is 5.69 Å². The number of nitrogens with one attached hydrogen (secondary N) is 1. The normalized spacial score (nSPS) is 10.8. The Morgan fingerprint density at radius 3 is 2.53 bits per heavy atom. The van der Waals surface area contributed by atoms with Gasteiger partial charge in [-0.3, -0.25) is 0 Å². The summed E-state index contributed by atoms with van der Waals surface area (Å²) in [5.74, 6) is 0. The molecule has 0 aliphatic carbocycles. The first-order chi connectivity index (χ1) is 8.20. The molecule has 0 saturated carbocycles. The van der Waals surface area contributed by atoms with Gasteiger partial charge < -0.3 is 5.32 Å². The van der Waals surface area contributed by atoms with E-state index in [1.165, 1.54) is 11.1 Å². The molecule has 17 heavy (non-hydrogen) atoms. The van der Waals surface area contributed by atoms with Gasteiger partial charge in [0.05, 0.1) is 11.4 Å². The summed E-state index contributed by atoms with van der Waals surface area (Å²) in [6.07, 6.45) is 2.10. The van der Waals surface area contributed by atoms with Crippen LogP contribution in [0.5, 0.6) is 0 Å². The second-order valence-electron chi connectivity index (χ2n) is 4.30. The lowest BCUT2D eigenvalue weighted by atomic mass is 10.2. The van der Waals surface area contributed by atoms with Gasteiger partial charge in [0.15, 0.2) is 0 Å². The zero-order chi connectivity index (χ0) is 12.3. The van der Waals surface area contributed by atoms with Crippen molar-refractivity contribution in [2.24, 2.45) is 0 Å². The minimum Gasteiger partial charge on any atom is -0.313 e. The van der Waals surface area contributed by atoms with Crippen LogP contribution in [0.15, 0.2) is 30.5 Å². The Balaban J connectivity index is 2.24. The largest absolute Gasteiger partial charge is 0.313 e. The van der Waals surface area contributed by atoms with Crippen LogP contribution in [0.2, 0.25) is 0 Å². The van der Waals surface area contributed by atoms with E-state index in [0.717, 1.165) is 24.5 Å². The monoisotopic (exact) mass is 229 g/mol. The van der Waals surface area contributed by atoms with Crippen molar-refractivity contribution < 1.29 is 0 Å². The van der Waals surface area contributed by atoms with Gasteiger partial charge in [-0.1, -0.05) is 24.6 Å². The average Bonchev–Trinajstić information content (AvgIpc) is 2.69. The van der Waals surface area contributed by atoms with Crippen molar-refractivity contribution in [2.45, 2.75) is 27.3 Å². The predicted molar refractivity (Wildman–Crippen MR) is 70.4 cm³/mol. The molecule has 3 heteroatoms. The van der Waals surface area contributed by atoms with E-state index in [2.05, 4.69) is 61.6 Å². The van der Waals surface area contributed by atoms with Crippen LogP contribution >= 0.6 is 0 Å². The molecule has 1 N–H and O–H groups in total. The fourth-order valence-electron chi connectivity index (χ4n) is 1.76. The molecule has 0 amide bonds. The second kappa shape index (κ2) is 5.15. The van der Waals surface area contributed by atoms with Crippen LogP contribution in [0.1, 0.15) is 23.7 Å². The summed E-state index contributed by atoms with van der Waals surface area (Å²) in [5, 5.41) is 7.87. The molecular formula is C14H19N3. The topological polar surface area (TPSA) is 29.9 Å². The Morgan fingerprint density at radius 2 is 1.88 bits per heavy atom. The fraction of sp³-hybridized carbons (Fsp3) is 0.357. The molecule has 2 aromatic rings. The molecule has 1 heterocycles. The number of hydrogen-bond acceptors (Lipinski definition) is 2. The second-order valence-corrected chi connectivity index (χ2v) is 4.30. The van der Waals surface area contributed by atoms with Gasteiger partial charge in [-0.25, -0.2) is 4.68 Å². The van der Waals surface area contributed by atoms with E-state index in [-0.39, 0.29) is 0 Å². The molecule has 1 aromatic heterocycles. The Morgan fingerprint density at radius 1 is 1.18 bits per heavy atom. The van der Waals surface area contributed by atoms with Gasteiger partial charge in [-0.05, 0) is 32.5 Å². The maximum absolute atomic E-state index is 4.54. The molecule has 3 nitrogen and oxygen atoms in total. The van der Waals surface area contributed by atoms with Gasteiger partial charge >= 0.3 is 0 Å². The molecule has 0 bridgehead atoms. The molecular weight excluding hydrogens is 210 g/mol. The predicted octanol–water partition coefficient (Wildman–Crippen LogP) is 2.60. The smallest absolute Gasteiger partial charge is 0.0645 e. The van der Waals surface area contributed by atoms with Crippen LogP contribution in [-0.4, -0.2) is 16.3 Å². The zero-order valence-corrected chi connectivity index (χ0v) is 10.7. The molecule has 0 radical (unpaired) electrons. The number of rotatable bonds is 4. The molecule has 0 aliphatic rings. The minimum atomic E-state index is 0.883. The highest BCUT2D eigenvalue weighted by molar-refractivity contribution is 5.35. The van der Waals surface area contributed by atoms with Gasteiger partial charge in [-0.15, -0.1) is 0 Å². The summed E-state index contributed by atoms with van der Waals surface area (Å²) in [4.78, 5) is 0. The summed E-state index contributed by atoms with van der Waals surface area (Å²) in [7, 11) is 0. The van der Waals surface area contributed by atoms with Crippen molar-refractivity contribution in [1.29, 1.82) is 0 Å². The maximum atomic E-state index is 4.54. The van der Waals surface area contributed by atoms with Crippen molar-refractivity contribution in [3.05, 3.63) is 47.3 Å². The van der Waals surface area contributed by atoms with Crippen molar-refractivity contribution in [2.75, 3.05) is 6.54 Å². The standard InChI is InChI=1S/C14H19N3/c1-4-15-9-13-10-17(16-12(13)3)14-7-5-11(2)6-8-14/h5-8,10,15H,4,9H2,1-3H3. The van der Waals surface area contributed by atoms with Crippen molar-refractivity contribution in [1.82, 2.24) is 15.1 Å². The molecule has 0 aliphatic heterocycles. The molecule has 2 rings (SSSR count). The van der Waals surface area contributed by atoms with E-state index < -0.39 is 0 Å². The summed E-state index contributed by atoms with van der Waals surface area (Å²) in [5.41, 5.74) is 4.73. The Hall–Kier alpha value is -1.61. The SMILES string of the molecule is CCNCc1cn(-c2ccc(C)cc2)nc1C. The van der Waals surface area contributed by atoms with E-state index in [4.69, 9.17) is 0 Å². The van der Waals surface area contributed by atoms with Crippen molar-refractivity contribution in [3.63, 3.8) is 0 Å². The molecule has 0 saturated heterocycles. The molecule has 1 aromatic carbocycles. The number of aromatic nitrogens is 2. The summed E-state index contributed by atoms with van der Waals surface area (Å²) >= 11 is 0. The molecule has 90 valence electrons. The highest BCUT2D eigenvalue weighted by Gasteiger charge is 2.05. The highest BCUT2D eigenvalue weighted by Crippen LogP contribution is 2.12. The quantitative estimate of drug-likeness (QED) is 0.873. The minimum absolute atomic E-state index is 0.883. The summed E-state index contributed by atoms with van der Waals surface area (Å²) in [6.45, 7) is 8.12. The first-order valence-electron chi connectivity index (χ1n) is 6.03. The lowest BCUT2D eigenvalue weighted by Crippen LogP contribution is -2.11. The van der Waals surface area contributed by atoms with Gasteiger partial charge in [0.2, 0.25) is 0 Å². The van der Waals surface area contributed by atoms with E-state index >= 15 is 0 Å². The molecule has 0 spiro atoms. The van der Waals surface area contributed by atoms with Gasteiger partial charge in [0.1, 0.15) is 0 Å². The Bertz CT molecular complexity index is 483. The first-order valence-corrected chi connectivity index (χ1v) is 6.03. The average molecular weight is 229 g/mol. The third-order valence-corrected chi connectivity index (χ3v) is 2.86. The van der Waals surface area contributed by atoms with Crippen LogP contribution in [0, 0.1) is 13.8 Å². The Kier molecular flexibility index (Phi) is 3.59. The number of hydrogen-bond donors (Lipinski definition) is 1. The van der Waals surface area contributed by atoms with Crippen LogP contribution in [0.3, 0.4) is 0 Å². The van der Waals surface area contributed by atoms with Crippen LogP contribution < -0.4 is 5.32 Å². The maximum Gasteiger partial charge on any atom is 0.0645 e. The van der Waals surface area contributed by atoms with Gasteiger partial charge in [-0.2, -0.15) is 5.10 Å². The highest BCUT2D eigenvalue weighted by atomic mass is 15.3. The third kappa shape index (κ3) is 2.74. The summed E-state index contributed by atoms with van der Waals surface area (Å²) < 4.78 is 1.95. The van der Waals surface area contributed by atoms with E-state index in [0.29, 0.717) is 0 Å². The van der Waals surface area contributed by atoms with E-state index in [9.17, 15) is 0 Å². The van der Waals surface area contributed by atoms with Crippen LogP contribution in [0.4, 0.5) is 0 Å². The molecule has 0 fully saturated rings. The number of benzene rings is 1. The molecule has 0 unspecified atom stereocenters.